The molecule has 3 aliphatic heterocycles. The Kier molecular flexibility index (Phi) is 9.38. The Morgan fingerprint density at radius 2 is 1.67 bits per heavy atom. The summed E-state index contributed by atoms with van der Waals surface area (Å²) in [6.07, 6.45) is 3.94. The minimum atomic E-state index is -0.401. The number of carbonyl (C=O) groups is 2. The smallest absolute Gasteiger partial charge is 0.236 e. The van der Waals surface area contributed by atoms with Gasteiger partial charge in [0.1, 0.15) is 0 Å². The number of aromatic amines is 1. The fraction of sp³-hybridized carbons (Fsp3) is 0.556. The van der Waals surface area contributed by atoms with Crippen molar-refractivity contribution in [3.05, 3.63) is 47.5 Å². The molecule has 1 aromatic heterocycles. The number of fused-ring (bicyclic) bond motifs is 1. The van der Waals surface area contributed by atoms with Gasteiger partial charge in [-0.3, -0.25) is 14.5 Å². The number of hydrogen-bond acceptors (Lipinski definition) is 6. The lowest BCUT2D eigenvalue weighted by Crippen LogP contribution is -2.49. The van der Waals surface area contributed by atoms with E-state index in [1.54, 1.807) is 19.1 Å². The molecular weight excluding hydrogens is 568 g/mol. The number of benzene rings is 2. The van der Waals surface area contributed by atoms with Gasteiger partial charge in [0.25, 0.3) is 0 Å². The van der Waals surface area contributed by atoms with Gasteiger partial charge in [-0.15, -0.1) is 0 Å². The number of amides is 2. The predicted octanol–water partition coefficient (Wildman–Crippen LogP) is 4.99. The van der Waals surface area contributed by atoms with E-state index in [1.807, 2.05) is 17.0 Å². The number of likely N-dealkylation sites (tertiary alicyclic amines) is 3. The molecule has 242 valence electrons. The summed E-state index contributed by atoms with van der Waals surface area (Å²) >= 11 is 0. The second-order valence-corrected chi connectivity index (χ2v) is 13.4. The van der Waals surface area contributed by atoms with Gasteiger partial charge in [-0.2, -0.15) is 0 Å². The van der Waals surface area contributed by atoms with Gasteiger partial charge in [0.15, 0.2) is 11.5 Å². The Balaban J connectivity index is 1.10. The zero-order valence-corrected chi connectivity index (χ0v) is 27.2. The van der Waals surface area contributed by atoms with Gasteiger partial charge in [-0.25, -0.2) is 0 Å². The molecule has 0 radical (unpaired) electrons. The number of hydrogen-bond donors (Lipinski definition) is 2. The molecule has 0 aliphatic carbocycles. The highest BCUT2D eigenvalue weighted by Crippen LogP contribution is 2.40. The van der Waals surface area contributed by atoms with Crippen LogP contribution >= 0.6 is 0 Å². The van der Waals surface area contributed by atoms with Crippen molar-refractivity contribution >= 4 is 22.7 Å². The maximum Gasteiger partial charge on any atom is 0.236 e. The Morgan fingerprint density at radius 3 is 2.36 bits per heavy atom. The zero-order chi connectivity index (χ0) is 31.7. The second kappa shape index (κ2) is 13.4. The lowest BCUT2D eigenvalue weighted by Gasteiger charge is -2.36. The topological polar surface area (TPSA) is 98.3 Å². The van der Waals surface area contributed by atoms with Gasteiger partial charge in [-0.1, -0.05) is 19.9 Å². The van der Waals surface area contributed by atoms with E-state index in [2.05, 4.69) is 48.0 Å². The number of rotatable bonds is 8. The van der Waals surface area contributed by atoms with E-state index >= 15 is 0 Å². The van der Waals surface area contributed by atoms with Gasteiger partial charge in [0, 0.05) is 49.2 Å². The summed E-state index contributed by atoms with van der Waals surface area (Å²) in [5, 5.41) is 11.1. The quantitative estimate of drug-likeness (QED) is 0.370. The number of aromatic nitrogens is 1. The van der Waals surface area contributed by atoms with E-state index in [1.165, 1.54) is 16.5 Å². The molecule has 3 aromatic rings. The maximum atomic E-state index is 13.3. The number of β-amino-alcohol motifs (C(OH)–C–C–N with tert-alkyl or cyclic N) is 1. The van der Waals surface area contributed by atoms with E-state index in [-0.39, 0.29) is 17.7 Å². The molecular formula is C36H48N4O5. The number of carbonyl (C=O) groups excluding carboxylic acids is 2. The van der Waals surface area contributed by atoms with Gasteiger partial charge in [-0.05, 0) is 91.9 Å². The third-order valence-corrected chi connectivity index (χ3v) is 10.1. The Hall–Kier alpha value is -3.56. The van der Waals surface area contributed by atoms with Crippen LogP contribution in [0.3, 0.4) is 0 Å². The third kappa shape index (κ3) is 6.56. The molecule has 2 amide bonds. The Morgan fingerprint density at radius 1 is 0.911 bits per heavy atom. The van der Waals surface area contributed by atoms with Crippen LogP contribution in [-0.4, -0.2) is 103 Å². The van der Waals surface area contributed by atoms with E-state index in [4.69, 9.17) is 9.47 Å². The first-order chi connectivity index (χ1) is 21.7. The maximum absolute atomic E-state index is 13.3. The Labute approximate surface area is 266 Å². The van der Waals surface area contributed by atoms with Crippen LogP contribution in [0, 0.1) is 5.92 Å². The molecule has 0 saturated carbocycles. The van der Waals surface area contributed by atoms with Crippen molar-refractivity contribution in [1.82, 2.24) is 19.7 Å². The summed E-state index contributed by atoms with van der Waals surface area (Å²) in [6, 6.07) is 12.9. The fourth-order valence-electron chi connectivity index (χ4n) is 7.66. The minimum absolute atomic E-state index is 0.0751. The first-order valence-electron chi connectivity index (χ1n) is 16.6. The molecule has 6 rings (SSSR count). The van der Waals surface area contributed by atoms with Gasteiger partial charge in [0.2, 0.25) is 11.8 Å². The highest BCUT2D eigenvalue weighted by molar-refractivity contribution is 5.92. The zero-order valence-electron chi connectivity index (χ0n) is 27.2. The summed E-state index contributed by atoms with van der Waals surface area (Å²) in [6.45, 7) is 8.93. The normalized spacial score (nSPS) is 21.6. The van der Waals surface area contributed by atoms with Crippen LogP contribution in [-0.2, 0) is 9.59 Å². The standard InChI is InChI=1S/C36H48N4O5/c1-23(2)34-29-18-25(7-9-30(29)37-35(34)26-8-10-31(44-3)32(19-26)45-4)24-11-15-39(16-12-24)33(42)22-38-14-5-6-27(20-38)36(43)40-17-13-28(41)21-40/h7-10,18-19,23-24,27-28,37,41H,5-6,11-17,20-22H2,1-4H3. The van der Waals surface area contributed by atoms with Gasteiger partial charge < -0.3 is 29.4 Å². The summed E-state index contributed by atoms with van der Waals surface area (Å²) in [5.41, 5.74) is 5.93. The number of nitrogens with zero attached hydrogens (tertiary/aromatic N) is 3. The number of aliphatic hydroxyl groups is 1. The lowest BCUT2D eigenvalue weighted by molar-refractivity contribution is -0.139. The van der Waals surface area contributed by atoms with Crippen molar-refractivity contribution in [2.75, 3.05) is 60.0 Å². The predicted molar refractivity (Wildman–Crippen MR) is 176 cm³/mol. The molecule has 4 heterocycles. The van der Waals surface area contributed by atoms with Gasteiger partial charge in [0.05, 0.1) is 38.5 Å². The van der Waals surface area contributed by atoms with Crippen molar-refractivity contribution in [3.63, 3.8) is 0 Å². The number of ether oxygens (including phenoxy) is 2. The van der Waals surface area contributed by atoms with Crippen LogP contribution in [0.5, 0.6) is 11.5 Å². The van der Waals surface area contributed by atoms with Crippen LogP contribution in [0.4, 0.5) is 0 Å². The summed E-state index contributed by atoms with van der Waals surface area (Å²) in [4.78, 5) is 36.0. The number of piperidine rings is 2. The molecule has 2 unspecified atom stereocenters. The highest BCUT2D eigenvalue weighted by Gasteiger charge is 2.34. The molecule has 3 saturated heterocycles. The largest absolute Gasteiger partial charge is 0.493 e. The molecule has 3 fully saturated rings. The third-order valence-electron chi connectivity index (χ3n) is 10.1. The van der Waals surface area contributed by atoms with Crippen LogP contribution in [0.15, 0.2) is 36.4 Å². The van der Waals surface area contributed by atoms with Crippen LogP contribution in [0.1, 0.15) is 68.9 Å². The van der Waals surface area contributed by atoms with Crippen molar-refractivity contribution in [1.29, 1.82) is 0 Å². The van der Waals surface area contributed by atoms with Crippen LogP contribution in [0.2, 0.25) is 0 Å². The van der Waals surface area contributed by atoms with Crippen molar-refractivity contribution in [2.24, 2.45) is 5.92 Å². The second-order valence-electron chi connectivity index (χ2n) is 13.4. The van der Waals surface area contributed by atoms with Crippen LogP contribution < -0.4 is 9.47 Å². The molecule has 9 nitrogen and oxygen atoms in total. The Bertz CT molecular complexity index is 1530. The molecule has 9 heteroatoms. The average Bonchev–Trinajstić information content (AvgIpc) is 3.67. The van der Waals surface area contributed by atoms with E-state index in [0.717, 1.165) is 62.1 Å². The van der Waals surface area contributed by atoms with E-state index < -0.39 is 6.10 Å². The number of methoxy groups -OCH3 is 2. The van der Waals surface area contributed by atoms with E-state index in [9.17, 15) is 14.7 Å². The fourth-order valence-corrected chi connectivity index (χ4v) is 7.66. The average molecular weight is 617 g/mol. The van der Waals surface area contributed by atoms with Crippen molar-refractivity contribution in [3.8, 4) is 22.8 Å². The SMILES string of the molecule is COc1ccc(-c2[nH]c3ccc(C4CCN(C(=O)CN5CCCC(C(=O)N6CCC(O)C6)C5)CC4)cc3c2C(C)C)cc1OC. The monoisotopic (exact) mass is 616 g/mol. The molecule has 2 N–H and O–H groups in total. The molecule has 2 aromatic carbocycles. The summed E-state index contributed by atoms with van der Waals surface area (Å²) in [5.74, 6) is 2.38. The molecule has 0 spiro atoms. The highest BCUT2D eigenvalue weighted by atomic mass is 16.5. The van der Waals surface area contributed by atoms with Crippen LogP contribution in [0.25, 0.3) is 22.2 Å². The number of H-pyrrole nitrogens is 1. The number of aliphatic hydroxyl groups excluding tert-OH is 1. The van der Waals surface area contributed by atoms with E-state index in [0.29, 0.717) is 55.9 Å². The summed E-state index contributed by atoms with van der Waals surface area (Å²) < 4.78 is 11.0. The summed E-state index contributed by atoms with van der Waals surface area (Å²) in [7, 11) is 3.31. The number of nitrogens with one attached hydrogen (secondary N) is 1. The van der Waals surface area contributed by atoms with Gasteiger partial charge >= 0.3 is 0 Å². The molecule has 45 heavy (non-hydrogen) atoms. The molecule has 0 bridgehead atoms. The van der Waals surface area contributed by atoms with Crippen molar-refractivity contribution in [2.45, 2.75) is 63.9 Å². The van der Waals surface area contributed by atoms with Crippen molar-refractivity contribution < 1.29 is 24.2 Å². The first-order valence-corrected chi connectivity index (χ1v) is 16.6. The minimum Gasteiger partial charge on any atom is -0.493 e. The first kappa shape index (κ1) is 31.4. The molecule has 3 aliphatic rings. The lowest BCUT2D eigenvalue weighted by atomic mass is 9.87. The molecule has 2 atom stereocenters.